The molecule has 0 aromatic heterocycles. The van der Waals surface area contributed by atoms with E-state index < -0.39 is 0 Å². The summed E-state index contributed by atoms with van der Waals surface area (Å²) < 4.78 is 4.86. The summed E-state index contributed by atoms with van der Waals surface area (Å²) in [6, 6.07) is 8.16. The number of esters is 1. The fraction of sp³-hybridized carbons (Fsp3) is 0.579. The summed E-state index contributed by atoms with van der Waals surface area (Å²) in [6.45, 7) is 2.50. The first-order chi connectivity index (χ1) is 12.1. The second kappa shape index (κ2) is 7.65. The maximum atomic E-state index is 11.7. The van der Waals surface area contributed by atoms with Gasteiger partial charge < -0.3 is 15.0 Å². The van der Waals surface area contributed by atoms with Crippen LogP contribution in [0.4, 0.5) is 0 Å². The van der Waals surface area contributed by atoms with Crippen molar-refractivity contribution in [3.63, 3.8) is 0 Å². The average Bonchev–Trinajstić information content (AvgIpc) is 3.43. The fourth-order valence-corrected chi connectivity index (χ4v) is 3.80. The molecule has 1 aromatic carbocycles. The van der Waals surface area contributed by atoms with Crippen molar-refractivity contribution in [3.8, 4) is 0 Å². The lowest BCUT2D eigenvalue weighted by molar-refractivity contribution is -0.146. The quantitative estimate of drug-likeness (QED) is 0.507. The SMILES string of the molecule is CN=C(NCC1(c2cccc(Cl)c2)CC1)N1CCC(C(=O)OC)CC1. The Kier molecular flexibility index (Phi) is 5.52. The molecule has 1 aliphatic heterocycles. The Morgan fingerprint density at radius 3 is 2.68 bits per heavy atom. The van der Waals surface area contributed by atoms with Gasteiger partial charge in [0.1, 0.15) is 0 Å². The number of benzene rings is 1. The molecule has 1 saturated heterocycles. The number of halogens is 1. The highest BCUT2D eigenvalue weighted by atomic mass is 35.5. The second-order valence-corrected chi connectivity index (χ2v) is 7.41. The molecule has 3 rings (SSSR count). The van der Waals surface area contributed by atoms with Crippen molar-refractivity contribution < 1.29 is 9.53 Å². The van der Waals surface area contributed by atoms with Gasteiger partial charge in [0.25, 0.3) is 0 Å². The molecule has 5 nitrogen and oxygen atoms in total. The number of guanidine groups is 1. The first-order valence-electron chi connectivity index (χ1n) is 8.87. The number of ether oxygens (including phenoxy) is 1. The number of rotatable bonds is 4. The van der Waals surface area contributed by atoms with Crippen molar-refractivity contribution in [3.05, 3.63) is 34.9 Å². The Labute approximate surface area is 154 Å². The van der Waals surface area contributed by atoms with E-state index in [4.69, 9.17) is 16.3 Å². The molecule has 0 radical (unpaired) electrons. The van der Waals surface area contributed by atoms with Crippen molar-refractivity contribution >= 4 is 23.5 Å². The van der Waals surface area contributed by atoms with Gasteiger partial charge in [-0.3, -0.25) is 9.79 Å². The van der Waals surface area contributed by atoms with E-state index in [2.05, 4.69) is 27.3 Å². The number of nitrogens with zero attached hydrogens (tertiary/aromatic N) is 2. The lowest BCUT2D eigenvalue weighted by atomic mass is 9.95. The van der Waals surface area contributed by atoms with E-state index in [-0.39, 0.29) is 17.3 Å². The number of aliphatic imine (C=N–C) groups is 1. The zero-order valence-corrected chi connectivity index (χ0v) is 15.7. The standard InChI is InChI=1S/C19H26ClN3O2/c1-21-18(23-10-6-14(7-11-23)17(24)25-2)22-13-19(8-9-19)15-4-3-5-16(20)12-15/h3-5,12,14H,6-11,13H2,1-2H3,(H,21,22). The van der Waals surface area contributed by atoms with Gasteiger partial charge in [0.05, 0.1) is 13.0 Å². The summed E-state index contributed by atoms with van der Waals surface area (Å²) >= 11 is 6.15. The van der Waals surface area contributed by atoms with Crippen molar-refractivity contribution in [1.29, 1.82) is 0 Å². The molecular formula is C19H26ClN3O2. The molecule has 1 aliphatic carbocycles. The van der Waals surface area contributed by atoms with Crippen LogP contribution in [0.1, 0.15) is 31.2 Å². The van der Waals surface area contributed by atoms with E-state index in [1.54, 1.807) is 0 Å². The van der Waals surface area contributed by atoms with E-state index in [1.807, 2.05) is 19.2 Å². The van der Waals surface area contributed by atoms with Gasteiger partial charge in [-0.1, -0.05) is 23.7 Å². The topological polar surface area (TPSA) is 53.9 Å². The zero-order valence-electron chi connectivity index (χ0n) is 14.9. The van der Waals surface area contributed by atoms with Gasteiger partial charge in [0, 0.05) is 37.1 Å². The van der Waals surface area contributed by atoms with Crippen LogP contribution in [-0.4, -0.2) is 50.6 Å². The average molecular weight is 364 g/mol. The van der Waals surface area contributed by atoms with Crippen LogP contribution in [0.25, 0.3) is 0 Å². The molecule has 136 valence electrons. The normalized spacial score (nSPS) is 20.3. The van der Waals surface area contributed by atoms with Gasteiger partial charge in [-0.15, -0.1) is 0 Å². The molecule has 1 N–H and O–H groups in total. The number of hydrogen-bond acceptors (Lipinski definition) is 3. The third kappa shape index (κ3) is 4.09. The van der Waals surface area contributed by atoms with Gasteiger partial charge in [0.2, 0.25) is 0 Å². The molecular weight excluding hydrogens is 338 g/mol. The van der Waals surface area contributed by atoms with Gasteiger partial charge in [-0.25, -0.2) is 0 Å². The van der Waals surface area contributed by atoms with Gasteiger partial charge in [-0.05, 0) is 43.4 Å². The third-order valence-electron chi connectivity index (χ3n) is 5.42. The van der Waals surface area contributed by atoms with Crippen LogP contribution in [-0.2, 0) is 14.9 Å². The Balaban J connectivity index is 1.56. The van der Waals surface area contributed by atoms with Crippen LogP contribution in [0.5, 0.6) is 0 Å². The summed E-state index contributed by atoms with van der Waals surface area (Å²) in [6.07, 6.45) is 3.96. The molecule has 1 aromatic rings. The summed E-state index contributed by atoms with van der Waals surface area (Å²) in [5, 5.41) is 4.32. The number of carbonyl (C=O) groups excluding carboxylic acids is 1. The fourth-order valence-electron chi connectivity index (χ4n) is 3.61. The monoisotopic (exact) mass is 363 g/mol. The maximum Gasteiger partial charge on any atom is 0.308 e. The van der Waals surface area contributed by atoms with Gasteiger partial charge >= 0.3 is 5.97 Å². The minimum atomic E-state index is -0.0968. The largest absolute Gasteiger partial charge is 0.469 e. The Morgan fingerprint density at radius 2 is 2.12 bits per heavy atom. The minimum Gasteiger partial charge on any atom is -0.469 e. The second-order valence-electron chi connectivity index (χ2n) is 6.98. The zero-order chi connectivity index (χ0) is 17.9. The highest BCUT2D eigenvalue weighted by Gasteiger charge is 2.44. The van der Waals surface area contributed by atoms with Crippen LogP contribution in [0, 0.1) is 5.92 Å². The number of carbonyl (C=O) groups is 1. The molecule has 1 heterocycles. The van der Waals surface area contributed by atoms with Gasteiger partial charge in [0.15, 0.2) is 5.96 Å². The lowest BCUT2D eigenvalue weighted by Crippen LogP contribution is -2.48. The Bertz CT molecular complexity index is 650. The van der Waals surface area contributed by atoms with Crippen LogP contribution in [0.2, 0.25) is 5.02 Å². The molecule has 0 unspecified atom stereocenters. The van der Waals surface area contributed by atoms with Crippen molar-refractivity contribution in [2.45, 2.75) is 31.1 Å². The number of hydrogen-bond donors (Lipinski definition) is 1. The molecule has 1 saturated carbocycles. The molecule has 0 amide bonds. The maximum absolute atomic E-state index is 11.7. The van der Waals surface area contributed by atoms with Gasteiger partial charge in [-0.2, -0.15) is 0 Å². The van der Waals surface area contributed by atoms with Crippen LogP contribution in [0.3, 0.4) is 0 Å². The molecule has 2 fully saturated rings. The van der Waals surface area contributed by atoms with E-state index in [0.29, 0.717) is 0 Å². The van der Waals surface area contributed by atoms with Crippen LogP contribution >= 0.6 is 11.6 Å². The molecule has 0 bridgehead atoms. The number of likely N-dealkylation sites (tertiary alicyclic amines) is 1. The molecule has 6 heteroatoms. The summed E-state index contributed by atoms with van der Waals surface area (Å²) in [5.41, 5.74) is 1.47. The highest BCUT2D eigenvalue weighted by Crippen LogP contribution is 2.48. The first kappa shape index (κ1) is 18.1. The predicted molar refractivity (Wildman–Crippen MR) is 100 cm³/mol. The van der Waals surface area contributed by atoms with E-state index >= 15 is 0 Å². The predicted octanol–water partition coefficient (Wildman–Crippen LogP) is 2.83. The smallest absolute Gasteiger partial charge is 0.308 e. The molecule has 0 atom stereocenters. The van der Waals surface area contributed by atoms with Crippen molar-refractivity contribution in [1.82, 2.24) is 10.2 Å². The van der Waals surface area contributed by atoms with E-state index in [9.17, 15) is 4.79 Å². The summed E-state index contributed by atoms with van der Waals surface area (Å²) in [7, 11) is 3.27. The molecule has 25 heavy (non-hydrogen) atoms. The van der Waals surface area contributed by atoms with Crippen LogP contribution < -0.4 is 5.32 Å². The van der Waals surface area contributed by atoms with E-state index in [0.717, 1.165) is 43.5 Å². The Morgan fingerprint density at radius 1 is 1.40 bits per heavy atom. The summed E-state index contributed by atoms with van der Waals surface area (Å²) in [4.78, 5) is 18.3. The lowest BCUT2D eigenvalue weighted by Gasteiger charge is -2.33. The number of methoxy groups -OCH3 is 1. The van der Waals surface area contributed by atoms with Crippen LogP contribution in [0.15, 0.2) is 29.3 Å². The first-order valence-corrected chi connectivity index (χ1v) is 9.25. The van der Waals surface area contributed by atoms with Crippen molar-refractivity contribution in [2.75, 3.05) is 33.8 Å². The number of nitrogens with one attached hydrogen (secondary N) is 1. The van der Waals surface area contributed by atoms with Crippen molar-refractivity contribution in [2.24, 2.45) is 10.9 Å². The minimum absolute atomic E-state index is 0.0144. The Hall–Kier alpha value is -1.75. The molecule has 0 spiro atoms. The number of piperidine rings is 1. The van der Waals surface area contributed by atoms with E-state index in [1.165, 1.54) is 25.5 Å². The summed E-state index contributed by atoms with van der Waals surface area (Å²) in [5.74, 6) is 0.831. The third-order valence-corrected chi connectivity index (χ3v) is 5.65. The molecule has 2 aliphatic rings. The highest BCUT2D eigenvalue weighted by molar-refractivity contribution is 6.30.